The molecule has 6 nitrogen and oxygen atoms in total. The predicted molar refractivity (Wildman–Crippen MR) is 80.1 cm³/mol. The Balaban J connectivity index is 1.86. The van der Waals surface area contributed by atoms with Crippen molar-refractivity contribution in [1.82, 2.24) is 0 Å². The van der Waals surface area contributed by atoms with Crippen molar-refractivity contribution in [3.8, 4) is 5.75 Å². The smallest absolute Gasteiger partial charge is 0.168 e. The number of rotatable bonds is 7. The fourth-order valence-corrected chi connectivity index (χ4v) is 1.47. The van der Waals surface area contributed by atoms with E-state index in [-0.39, 0.29) is 12.4 Å². The maximum absolute atomic E-state index is 10.6. The van der Waals surface area contributed by atoms with Gasteiger partial charge in [0.05, 0.1) is 11.4 Å². The van der Waals surface area contributed by atoms with E-state index >= 15 is 0 Å². The second kappa shape index (κ2) is 8.02. The van der Waals surface area contributed by atoms with Crippen molar-refractivity contribution in [3.63, 3.8) is 0 Å². The van der Waals surface area contributed by atoms with Crippen LogP contribution in [0.4, 0.5) is 11.4 Å². The van der Waals surface area contributed by atoms with E-state index in [4.69, 9.17) is 4.89 Å². The molecule has 22 heavy (non-hydrogen) atoms. The van der Waals surface area contributed by atoms with Crippen LogP contribution in [0.3, 0.4) is 0 Å². The lowest BCUT2D eigenvalue weighted by molar-refractivity contribution is -0.461. The molecule has 0 aromatic heterocycles. The summed E-state index contributed by atoms with van der Waals surface area (Å²) in [5.74, 6) is 0.272. The Morgan fingerprint density at radius 2 is 1.50 bits per heavy atom. The molecule has 0 heterocycles. The molecule has 0 bridgehead atoms. The third-order valence-corrected chi connectivity index (χ3v) is 2.59. The Hall–Kier alpha value is -2.57. The lowest BCUT2D eigenvalue weighted by Gasteiger charge is -2.02. The summed E-state index contributed by atoms with van der Waals surface area (Å²) in [6.07, 6.45) is 0. The standard InChI is InChI=1S/C16H16N2O4/c1-12-3-5-14(6-4-12)17-18-15-7-9-16(10-8-15)21-22-20-11-13(2)19/h3-10H,11H2,1-2H3/b18-17+. The van der Waals surface area contributed by atoms with Gasteiger partial charge in [0.1, 0.15) is 6.61 Å². The zero-order valence-corrected chi connectivity index (χ0v) is 12.4. The first-order chi connectivity index (χ1) is 10.6. The first kappa shape index (κ1) is 15.8. The van der Waals surface area contributed by atoms with Crippen LogP contribution in [0.1, 0.15) is 12.5 Å². The summed E-state index contributed by atoms with van der Waals surface area (Å²) < 4.78 is 0. The molecule has 2 aromatic rings. The Bertz CT molecular complexity index is 636. The summed E-state index contributed by atoms with van der Waals surface area (Å²) >= 11 is 0. The molecule has 0 saturated carbocycles. The summed E-state index contributed by atoms with van der Waals surface area (Å²) in [6, 6.07) is 14.5. The van der Waals surface area contributed by atoms with Crippen LogP contribution in [0.5, 0.6) is 5.75 Å². The first-order valence-corrected chi connectivity index (χ1v) is 6.67. The lowest BCUT2D eigenvalue weighted by Crippen LogP contribution is -2.06. The van der Waals surface area contributed by atoms with E-state index in [1.165, 1.54) is 12.5 Å². The third-order valence-electron chi connectivity index (χ3n) is 2.59. The van der Waals surface area contributed by atoms with Gasteiger partial charge in [0.2, 0.25) is 0 Å². The van der Waals surface area contributed by atoms with E-state index in [1.807, 2.05) is 31.2 Å². The average molecular weight is 300 g/mol. The maximum atomic E-state index is 10.6. The fourth-order valence-electron chi connectivity index (χ4n) is 1.47. The quantitative estimate of drug-likeness (QED) is 0.332. The minimum absolute atomic E-state index is 0.157. The minimum atomic E-state index is -0.164. The maximum Gasteiger partial charge on any atom is 0.168 e. The minimum Gasteiger partial charge on any atom is -0.308 e. The van der Waals surface area contributed by atoms with E-state index in [2.05, 4.69) is 20.2 Å². The number of carbonyl (C=O) groups is 1. The number of aryl methyl sites for hydroxylation is 1. The molecule has 0 radical (unpaired) electrons. The number of hydrogen-bond donors (Lipinski definition) is 0. The van der Waals surface area contributed by atoms with Gasteiger partial charge in [-0.05, 0) is 55.3 Å². The summed E-state index contributed by atoms with van der Waals surface area (Å²) in [6.45, 7) is 3.24. The first-order valence-electron chi connectivity index (χ1n) is 6.67. The third kappa shape index (κ3) is 5.43. The molecule has 0 fully saturated rings. The highest BCUT2D eigenvalue weighted by Gasteiger charge is 1.98. The van der Waals surface area contributed by atoms with Crippen molar-refractivity contribution in [2.45, 2.75) is 13.8 Å². The van der Waals surface area contributed by atoms with Crippen molar-refractivity contribution < 1.29 is 19.6 Å². The molecule has 0 aliphatic heterocycles. The lowest BCUT2D eigenvalue weighted by atomic mass is 10.2. The topological polar surface area (TPSA) is 69.5 Å². The van der Waals surface area contributed by atoms with Crippen LogP contribution in [-0.2, 0) is 14.7 Å². The monoisotopic (exact) mass is 300 g/mol. The Morgan fingerprint density at radius 1 is 0.955 bits per heavy atom. The summed E-state index contributed by atoms with van der Waals surface area (Å²) in [5.41, 5.74) is 2.64. The summed E-state index contributed by atoms with van der Waals surface area (Å²) in [4.78, 5) is 20.0. The molecular weight excluding hydrogens is 284 g/mol. The highest BCUT2D eigenvalue weighted by atomic mass is 17.5. The zero-order chi connectivity index (χ0) is 15.8. The Kier molecular flexibility index (Phi) is 5.76. The van der Waals surface area contributed by atoms with Crippen LogP contribution in [0.2, 0.25) is 0 Å². The number of benzene rings is 2. The van der Waals surface area contributed by atoms with Gasteiger partial charge < -0.3 is 4.89 Å². The van der Waals surface area contributed by atoms with Gasteiger partial charge >= 0.3 is 0 Å². The second-order valence-electron chi connectivity index (χ2n) is 4.65. The number of azo groups is 1. The predicted octanol–water partition coefficient (Wildman–Crippen LogP) is 4.24. The highest BCUT2D eigenvalue weighted by Crippen LogP contribution is 2.21. The molecule has 0 unspecified atom stereocenters. The van der Waals surface area contributed by atoms with E-state index in [1.54, 1.807) is 24.3 Å². The average Bonchev–Trinajstić information content (AvgIpc) is 2.52. The normalized spacial score (nSPS) is 10.8. The molecule has 2 aromatic carbocycles. The van der Waals surface area contributed by atoms with Crippen molar-refractivity contribution in [2.24, 2.45) is 10.2 Å². The van der Waals surface area contributed by atoms with Crippen molar-refractivity contribution in [2.75, 3.05) is 6.61 Å². The van der Waals surface area contributed by atoms with Gasteiger partial charge in [-0.2, -0.15) is 15.1 Å². The highest BCUT2D eigenvalue weighted by molar-refractivity contribution is 5.76. The zero-order valence-electron chi connectivity index (χ0n) is 12.4. The molecule has 0 amide bonds. The van der Waals surface area contributed by atoms with Gasteiger partial charge in [0, 0.05) is 0 Å². The van der Waals surface area contributed by atoms with Crippen LogP contribution >= 0.6 is 0 Å². The summed E-state index contributed by atoms with van der Waals surface area (Å²) in [7, 11) is 0. The molecule has 0 N–H and O–H groups in total. The molecule has 2 rings (SSSR count). The number of Topliss-reactive ketones (excluding diaryl/α,β-unsaturated/α-hetero) is 1. The van der Waals surface area contributed by atoms with Crippen LogP contribution < -0.4 is 4.89 Å². The molecule has 0 saturated heterocycles. The van der Waals surface area contributed by atoms with Crippen LogP contribution in [0, 0.1) is 6.92 Å². The Morgan fingerprint density at radius 3 is 2.05 bits per heavy atom. The van der Waals surface area contributed by atoms with Gasteiger partial charge in [-0.25, -0.2) is 0 Å². The molecule has 0 spiro atoms. The molecule has 0 aliphatic rings. The van der Waals surface area contributed by atoms with E-state index in [9.17, 15) is 4.79 Å². The molecule has 6 heteroatoms. The van der Waals surface area contributed by atoms with Crippen LogP contribution in [0.25, 0.3) is 0 Å². The SMILES string of the molecule is CC(=O)COOOc1ccc(/N=N/c2ccc(C)cc2)cc1. The van der Waals surface area contributed by atoms with E-state index in [0.717, 1.165) is 5.69 Å². The van der Waals surface area contributed by atoms with Gasteiger partial charge in [-0.1, -0.05) is 17.7 Å². The second-order valence-corrected chi connectivity index (χ2v) is 4.65. The molecular formula is C16H16N2O4. The number of carbonyl (C=O) groups excluding carboxylic acids is 1. The largest absolute Gasteiger partial charge is 0.308 e. The Labute approximate surface area is 128 Å². The van der Waals surface area contributed by atoms with Gasteiger partial charge in [-0.15, -0.1) is 0 Å². The van der Waals surface area contributed by atoms with E-state index in [0.29, 0.717) is 11.4 Å². The number of ketones is 1. The van der Waals surface area contributed by atoms with Crippen molar-refractivity contribution in [3.05, 3.63) is 54.1 Å². The van der Waals surface area contributed by atoms with Gasteiger partial charge in [-0.3, -0.25) is 4.79 Å². The van der Waals surface area contributed by atoms with Gasteiger partial charge in [0.15, 0.2) is 11.5 Å². The molecule has 114 valence electrons. The van der Waals surface area contributed by atoms with Crippen molar-refractivity contribution >= 4 is 17.2 Å². The van der Waals surface area contributed by atoms with Crippen molar-refractivity contribution in [1.29, 1.82) is 0 Å². The molecule has 0 aliphatic carbocycles. The molecule has 0 atom stereocenters. The number of hydrogen-bond acceptors (Lipinski definition) is 6. The van der Waals surface area contributed by atoms with Crippen LogP contribution in [0.15, 0.2) is 58.8 Å². The number of nitrogens with zero attached hydrogens (tertiary/aromatic N) is 2. The van der Waals surface area contributed by atoms with Crippen LogP contribution in [-0.4, -0.2) is 12.4 Å². The van der Waals surface area contributed by atoms with E-state index < -0.39 is 0 Å². The summed E-state index contributed by atoms with van der Waals surface area (Å²) in [5, 5.41) is 12.7. The fraction of sp³-hybridized carbons (Fsp3) is 0.188. The van der Waals surface area contributed by atoms with Gasteiger partial charge in [0.25, 0.3) is 0 Å².